The molecule has 4 heteroatoms. The SMILES string of the molecule is CCCNC1CCN(CCCn2nc(C)cc2C)C1. The minimum absolute atomic E-state index is 0.716. The normalized spacial score (nSPS) is 20.3. The van der Waals surface area contributed by atoms with E-state index in [9.17, 15) is 0 Å². The number of hydrogen-bond acceptors (Lipinski definition) is 3. The lowest BCUT2D eigenvalue weighted by molar-refractivity contribution is 0.312. The Hall–Kier alpha value is -0.870. The molecule has 0 spiro atoms. The van der Waals surface area contributed by atoms with Crippen LogP contribution in [0, 0.1) is 13.8 Å². The van der Waals surface area contributed by atoms with E-state index >= 15 is 0 Å². The molecule has 0 amide bonds. The highest BCUT2D eigenvalue weighted by atomic mass is 15.3. The first-order valence-electron chi connectivity index (χ1n) is 7.66. The Labute approximate surface area is 117 Å². The van der Waals surface area contributed by atoms with Crippen molar-refractivity contribution in [2.75, 3.05) is 26.2 Å². The molecule has 0 radical (unpaired) electrons. The zero-order valence-electron chi connectivity index (χ0n) is 12.7. The largest absolute Gasteiger partial charge is 0.313 e. The molecule has 1 aromatic rings. The van der Waals surface area contributed by atoms with Crippen LogP contribution in [0.1, 0.15) is 37.6 Å². The molecule has 0 aromatic carbocycles. The predicted molar refractivity (Wildman–Crippen MR) is 79.5 cm³/mol. The summed E-state index contributed by atoms with van der Waals surface area (Å²) >= 11 is 0. The Morgan fingerprint density at radius 2 is 2.21 bits per heavy atom. The number of rotatable bonds is 7. The van der Waals surface area contributed by atoms with Crippen LogP contribution in [0.2, 0.25) is 0 Å². The van der Waals surface area contributed by atoms with Crippen LogP contribution in [0.3, 0.4) is 0 Å². The maximum Gasteiger partial charge on any atom is 0.0596 e. The minimum Gasteiger partial charge on any atom is -0.313 e. The van der Waals surface area contributed by atoms with Gasteiger partial charge in [0.25, 0.3) is 0 Å². The molecule has 2 rings (SSSR count). The molecule has 19 heavy (non-hydrogen) atoms. The summed E-state index contributed by atoms with van der Waals surface area (Å²) in [6.07, 6.45) is 3.73. The fourth-order valence-corrected chi connectivity index (χ4v) is 2.90. The van der Waals surface area contributed by atoms with E-state index in [1.807, 2.05) is 0 Å². The minimum atomic E-state index is 0.716. The second-order valence-corrected chi connectivity index (χ2v) is 5.74. The van der Waals surface area contributed by atoms with E-state index in [0.717, 1.165) is 18.8 Å². The highest BCUT2D eigenvalue weighted by molar-refractivity contribution is 5.06. The summed E-state index contributed by atoms with van der Waals surface area (Å²) in [5.74, 6) is 0. The van der Waals surface area contributed by atoms with Crippen molar-refractivity contribution in [1.82, 2.24) is 20.0 Å². The van der Waals surface area contributed by atoms with Crippen LogP contribution in [-0.4, -0.2) is 46.9 Å². The van der Waals surface area contributed by atoms with Crippen LogP contribution in [0.25, 0.3) is 0 Å². The summed E-state index contributed by atoms with van der Waals surface area (Å²) in [6.45, 7) is 12.3. The van der Waals surface area contributed by atoms with Gasteiger partial charge in [-0.2, -0.15) is 5.10 Å². The standard InChI is InChI=1S/C15H28N4/c1-4-7-16-15-6-10-18(12-15)8-5-9-19-14(3)11-13(2)17-19/h11,15-16H,4-10,12H2,1-3H3. The first kappa shape index (κ1) is 14.5. The van der Waals surface area contributed by atoms with Crippen molar-refractivity contribution in [3.8, 4) is 0 Å². The highest BCUT2D eigenvalue weighted by Crippen LogP contribution is 2.10. The number of nitrogens with one attached hydrogen (secondary N) is 1. The maximum absolute atomic E-state index is 4.52. The van der Waals surface area contributed by atoms with Gasteiger partial charge in [0.2, 0.25) is 0 Å². The monoisotopic (exact) mass is 264 g/mol. The quantitative estimate of drug-likeness (QED) is 0.817. The van der Waals surface area contributed by atoms with Crippen LogP contribution in [0.5, 0.6) is 0 Å². The first-order chi connectivity index (χ1) is 9.19. The van der Waals surface area contributed by atoms with Gasteiger partial charge in [-0.3, -0.25) is 4.68 Å². The molecule has 1 aliphatic rings. The lowest BCUT2D eigenvalue weighted by Crippen LogP contribution is -2.33. The summed E-state index contributed by atoms with van der Waals surface area (Å²) < 4.78 is 2.14. The van der Waals surface area contributed by atoms with Gasteiger partial charge < -0.3 is 10.2 Å². The van der Waals surface area contributed by atoms with E-state index in [1.54, 1.807) is 0 Å². The molecule has 1 saturated heterocycles. The van der Waals surface area contributed by atoms with E-state index in [1.165, 1.54) is 44.6 Å². The predicted octanol–water partition coefficient (Wildman–Crippen LogP) is 1.96. The van der Waals surface area contributed by atoms with Gasteiger partial charge >= 0.3 is 0 Å². The molecule has 108 valence electrons. The summed E-state index contributed by atoms with van der Waals surface area (Å²) in [5, 5.41) is 8.14. The van der Waals surface area contributed by atoms with Gasteiger partial charge in [0.05, 0.1) is 5.69 Å². The highest BCUT2D eigenvalue weighted by Gasteiger charge is 2.20. The van der Waals surface area contributed by atoms with Crippen molar-refractivity contribution in [3.05, 3.63) is 17.5 Å². The van der Waals surface area contributed by atoms with Crippen LogP contribution in [0.4, 0.5) is 0 Å². The lowest BCUT2D eigenvalue weighted by atomic mass is 10.2. The number of nitrogens with zero attached hydrogens (tertiary/aromatic N) is 3. The molecule has 0 saturated carbocycles. The Morgan fingerprint density at radius 1 is 1.37 bits per heavy atom. The third-order valence-corrected chi connectivity index (χ3v) is 3.90. The summed E-state index contributed by atoms with van der Waals surface area (Å²) in [4.78, 5) is 2.58. The van der Waals surface area contributed by atoms with E-state index in [-0.39, 0.29) is 0 Å². The van der Waals surface area contributed by atoms with Crippen molar-refractivity contribution >= 4 is 0 Å². The molecule has 1 atom stereocenters. The molecule has 0 bridgehead atoms. The van der Waals surface area contributed by atoms with E-state index in [0.29, 0.717) is 6.04 Å². The molecule has 1 fully saturated rings. The van der Waals surface area contributed by atoms with Gasteiger partial charge in [-0.05, 0) is 58.8 Å². The molecule has 2 heterocycles. The van der Waals surface area contributed by atoms with E-state index < -0.39 is 0 Å². The van der Waals surface area contributed by atoms with Gasteiger partial charge in [-0.25, -0.2) is 0 Å². The zero-order chi connectivity index (χ0) is 13.7. The van der Waals surface area contributed by atoms with Crippen molar-refractivity contribution < 1.29 is 0 Å². The Bertz CT molecular complexity index is 385. The average Bonchev–Trinajstić information content (AvgIpc) is 2.94. The number of hydrogen-bond donors (Lipinski definition) is 1. The van der Waals surface area contributed by atoms with Crippen LogP contribution >= 0.6 is 0 Å². The fourth-order valence-electron chi connectivity index (χ4n) is 2.90. The second-order valence-electron chi connectivity index (χ2n) is 5.74. The third-order valence-electron chi connectivity index (χ3n) is 3.90. The summed E-state index contributed by atoms with van der Waals surface area (Å²) in [5.41, 5.74) is 2.41. The average molecular weight is 264 g/mol. The molecule has 0 aliphatic carbocycles. The fraction of sp³-hybridized carbons (Fsp3) is 0.800. The van der Waals surface area contributed by atoms with E-state index in [4.69, 9.17) is 0 Å². The number of likely N-dealkylation sites (tertiary alicyclic amines) is 1. The maximum atomic E-state index is 4.52. The van der Waals surface area contributed by atoms with Gasteiger partial charge in [-0.15, -0.1) is 0 Å². The van der Waals surface area contributed by atoms with Crippen LogP contribution in [0.15, 0.2) is 6.07 Å². The van der Waals surface area contributed by atoms with Gasteiger partial charge in [0.15, 0.2) is 0 Å². The van der Waals surface area contributed by atoms with Crippen molar-refractivity contribution in [2.24, 2.45) is 0 Å². The smallest absolute Gasteiger partial charge is 0.0596 e. The topological polar surface area (TPSA) is 33.1 Å². The second kappa shape index (κ2) is 7.06. The molecule has 1 N–H and O–H groups in total. The third kappa shape index (κ3) is 4.32. The number of aromatic nitrogens is 2. The Balaban J connectivity index is 1.65. The summed E-state index contributed by atoms with van der Waals surface area (Å²) in [6, 6.07) is 2.87. The number of aryl methyl sites for hydroxylation is 3. The van der Waals surface area contributed by atoms with E-state index in [2.05, 4.69) is 46.8 Å². The molecule has 1 aromatic heterocycles. The first-order valence-corrected chi connectivity index (χ1v) is 7.66. The molecular weight excluding hydrogens is 236 g/mol. The Kier molecular flexibility index (Phi) is 5.40. The van der Waals surface area contributed by atoms with Crippen molar-refractivity contribution in [3.63, 3.8) is 0 Å². The lowest BCUT2D eigenvalue weighted by Gasteiger charge is -2.16. The van der Waals surface area contributed by atoms with Gasteiger partial charge in [0.1, 0.15) is 0 Å². The zero-order valence-corrected chi connectivity index (χ0v) is 12.7. The molecular formula is C15H28N4. The van der Waals surface area contributed by atoms with Crippen molar-refractivity contribution in [1.29, 1.82) is 0 Å². The van der Waals surface area contributed by atoms with Gasteiger partial charge in [0, 0.05) is 24.8 Å². The van der Waals surface area contributed by atoms with Gasteiger partial charge in [-0.1, -0.05) is 6.92 Å². The Morgan fingerprint density at radius 3 is 2.89 bits per heavy atom. The van der Waals surface area contributed by atoms with Crippen LogP contribution in [-0.2, 0) is 6.54 Å². The molecule has 1 aliphatic heterocycles. The van der Waals surface area contributed by atoms with Crippen molar-refractivity contribution in [2.45, 2.75) is 52.6 Å². The molecule has 4 nitrogen and oxygen atoms in total. The molecule has 1 unspecified atom stereocenters. The summed E-state index contributed by atoms with van der Waals surface area (Å²) in [7, 11) is 0. The van der Waals surface area contributed by atoms with Crippen LogP contribution < -0.4 is 5.32 Å².